The van der Waals surface area contributed by atoms with Crippen molar-refractivity contribution in [1.82, 2.24) is 20.1 Å². The molecule has 2 rings (SSSR count). The number of nitrogens with zero attached hydrogens (tertiary/aromatic N) is 3. The van der Waals surface area contributed by atoms with Gasteiger partial charge in [0.25, 0.3) is 0 Å². The van der Waals surface area contributed by atoms with Crippen LogP contribution in [0.3, 0.4) is 0 Å². The molecule has 1 aromatic carbocycles. The molecule has 6 heteroatoms. The van der Waals surface area contributed by atoms with E-state index in [2.05, 4.69) is 28.4 Å². The van der Waals surface area contributed by atoms with E-state index in [9.17, 15) is 0 Å². The number of hydrogen-bond acceptors (Lipinski definition) is 4. The summed E-state index contributed by atoms with van der Waals surface area (Å²) in [5.74, 6) is 1.98. The van der Waals surface area contributed by atoms with Gasteiger partial charge in [0.05, 0.1) is 5.02 Å². The molecule has 4 nitrogen and oxygen atoms in total. The molecule has 2 aromatic rings. The van der Waals surface area contributed by atoms with E-state index < -0.39 is 0 Å². The molecule has 0 radical (unpaired) electrons. The van der Waals surface area contributed by atoms with Crippen LogP contribution in [0.4, 0.5) is 0 Å². The molecule has 0 bridgehead atoms. The number of likely N-dealkylation sites (N-methyl/N-ethyl adjacent to an activating group) is 1. The summed E-state index contributed by atoms with van der Waals surface area (Å²) in [6, 6.07) is 8.29. The molecule has 0 fully saturated rings. The third kappa shape index (κ3) is 4.73. The average Bonchev–Trinajstić information content (AvgIpc) is 2.92. The van der Waals surface area contributed by atoms with Gasteiger partial charge in [-0.1, -0.05) is 30.7 Å². The lowest BCUT2D eigenvalue weighted by Gasteiger charge is -2.16. The Bertz CT molecular complexity index is 558. The quantitative estimate of drug-likeness (QED) is 0.757. The lowest BCUT2D eigenvalue weighted by molar-refractivity contribution is 0.528. The number of benzene rings is 1. The van der Waals surface area contributed by atoms with Crippen LogP contribution in [0, 0.1) is 0 Å². The molecule has 0 amide bonds. The van der Waals surface area contributed by atoms with Gasteiger partial charge in [0.15, 0.2) is 0 Å². The fourth-order valence-corrected chi connectivity index (χ4v) is 3.41. The SMILES string of the molecule is CCCn1ncnc1CC(CSc1ccccc1Cl)NC. The Hall–Kier alpha value is -1.04. The predicted octanol–water partition coefficient (Wildman–Crippen LogP) is 3.26. The summed E-state index contributed by atoms with van der Waals surface area (Å²) in [5.41, 5.74) is 0. The highest BCUT2D eigenvalue weighted by Gasteiger charge is 2.13. The van der Waals surface area contributed by atoms with E-state index in [0.717, 1.165) is 40.9 Å². The summed E-state index contributed by atoms with van der Waals surface area (Å²) < 4.78 is 1.99. The van der Waals surface area contributed by atoms with Crippen LogP contribution in [0.2, 0.25) is 5.02 Å². The average molecular weight is 325 g/mol. The van der Waals surface area contributed by atoms with Crippen molar-refractivity contribution in [2.24, 2.45) is 0 Å². The first-order valence-corrected chi connectivity index (χ1v) is 8.52. The molecule has 1 heterocycles. The normalized spacial score (nSPS) is 12.5. The topological polar surface area (TPSA) is 42.7 Å². The van der Waals surface area contributed by atoms with Crippen molar-refractivity contribution in [3.63, 3.8) is 0 Å². The van der Waals surface area contributed by atoms with E-state index in [1.54, 1.807) is 18.1 Å². The van der Waals surface area contributed by atoms with Gasteiger partial charge in [-0.05, 0) is 25.6 Å². The lowest BCUT2D eigenvalue weighted by Crippen LogP contribution is -2.31. The van der Waals surface area contributed by atoms with Crippen molar-refractivity contribution >= 4 is 23.4 Å². The summed E-state index contributed by atoms with van der Waals surface area (Å²) in [6.07, 6.45) is 3.57. The van der Waals surface area contributed by atoms with Gasteiger partial charge in [-0.25, -0.2) is 4.98 Å². The van der Waals surface area contributed by atoms with Gasteiger partial charge in [0.2, 0.25) is 0 Å². The summed E-state index contributed by atoms with van der Waals surface area (Å²) >= 11 is 7.96. The van der Waals surface area contributed by atoms with Gasteiger partial charge in [-0.3, -0.25) is 4.68 Å². The van der Waals surface area contributed by atoms with Crippen LogP contribution in [0.25, 0.3) is 0 Å². The van der Waals surface area contributed by atoms with Crippen molar-refractivity contribution in [2.75, 3.05) is 12.8 Å². The Morgan fingerprint density at radius 1 is 1.38 bits per heavy atom. The van der Waals surface area contributed by atoms with Gasteiger partial charge in [0.1, 0.15) is 12.2 Å². The minimum atomic E-state index is 0.339. The van der Waals surface area contributed by atoms with E-state index in [-0.39, 0.29) is 0 Å². The maximum Gasteiger partial charge on any atom is 0.138 e. The predicted molar refractivity (Wildman–Crippen MR) is 89.0 cm³/mol. The summed E-state index contributed by atoms with van der Waals surface area (Å²) in [6.45, 7) is 3.07. The first-order chi connectivity index (χ1) is 10.2. The van der Waals surface area contributed by atoms with Crippen molar-refractivity contribution in [1.29, 1.82) is 0 Å². The van der Waals surface area contributed by atoms with Crippen LogP contribution in [0.15, 0.2) is 35.5 Å². The van der Waals surface area contributed by atoms with Crippen molar-refractivity contribution in [2.45, 2.75) is 37.2 Å². The fourth-order valence-electron chi connectivity index (χ4n) is 2.06. The molecule has 1 unspecified atom stereocenters. The Balaban J connectivity index is 1.94. The third-order valence-electron chi connectivity index (χ3n) is 3.25. The van der Waals surface area contributed by atoms with Gasteiger partial charge >= 0.3 is 0 Å². The minimum Gasteiger partial charge on any atom is -0.316 e. The number of rotatable bonds is 8. The van der Waals surface area contributed by atoms with Gasteiger partial charge in [-0.15, -0.1) is 11.8 Å². The molecular formula is C15H21ClN4S. The fraction of sp³-hybridized carbons (Fsp3) is 0.467. The Kier molecular flexibility index (Phi) is 6.54. The van der Waals surface area contributed by atoms with Crippen LogP contribution >= 0.6 is 23.4 Å². The lowest BCUT2D eigenvalue weighted by atomic mass is 10.2. The van der Waals surface area contributed by atoms with Crippen molar-refractivity contribution in [3.8, 4) is 0 Å². The zero-order chi connectivity index (χ0) is 15.1. The number of halogens is 1. The highest BCUT2D eigenvalue weighted by Crippen LogP contribution is 2.27. The molecule has 0 saturated heterocycles. The van der Waals surface area contributed by atoms with E-state index >= 15 is 0 Å². The molecule has 0 saturated carbocycles. The molecular weight excluding hydrogens is 304 g/mol. The Labute approximate surface area is 135 Å². The van der Waals surface area contributed by atoms with E-state index in [1.165, 1.54) is 0 Å². The van der Waals surface area contributed by atoms with Gasteiger partial charge in [-0.2, -0.15) is 5.10 Å². The first kappa shape index (κ1) is 16.3. The molecule has 21 heavy (non-hydrogen) atoms. The number of thioether (sulfide) groups is 1. The number of hydrogen-bond donors (Lipinski definition) is 1. The highest BCUT2D eigenvalue weighted by molar-refractivity contribution is 7.99. The second-order valence-corrected chi connectivity index (χ2v) is 6.30. The first-order valence-electron chi connectivity index (χ1n) is 7.15. The number of aryl methyl sites for hydroxylation is 1. The third-order valence-corrected chi connectivity index (χ3v) is 4.92. The standard InChI is InChI=1S/C15H21ClN4S/c1-3-8-20-15(18-11-19-20)9-12(17-2)10-21-14-7-5-4-6-13(14)16/h4-7,11-12,17H,3,8-10H2,1-2H3. The number of aromatic nitrogens is 3. The molecule has 0 aliphatic heterocycles. The molecule has 0 aliphatic rings. The molecule has 114 valence electrons. The zero-order valence-corrected chi connectivity index (χ0v) is 14.0. The molecule has 1 aromatic heterocycles. The van der Waals surface area contributed by atoms with Crippen LogP contribution in [0.1, 0.15) is 19.2 Å². The maximum absolute atomic E-state index is 6.19. The Morgan fingerprint density at radius 3 is 2.90 bits per heavy atom. The summed E-state index contributed by atoms with van der Waals surface area (Å²) in [4.78, 5) is 5.49. The molecule has 1 N–H and O–H groups in total. The monoisotopic (exact) mass is 324 g/mol. The minimum absolute atomic E-state index is 0.339. The zero-order valence-electron chi connectivity index (χ0n) is 12.4. The van der Waals surface area contributed by atoms with Crippen LogP contribution in [0.5, 0.6) is 0 Å². The molecule has 1 atom stereocenters. The molecule has 0 aliphatic carbocycles. The van der Waals surface area contributed by atoms with E-state index in [4.69, 9.17) is 11.6 Å². The summed E-state index contributed by atoms with van der Waals surface area (Å²) in [7, 11) is 1.98. The van der Waals surface area contributed by atoms with E-state index in [1.807, 2.05) is 29.9 Å². The second-order valence-electron chi connectivity index (χ2n) is 4.83. The molecule has 0 spiro atoms. The van der Waals surface area contributed by atoms with Crippen molar-refractivity contribution in [3.05, 3.63) is 41.4 Å². The highest BCUT2D eigenvalue weighted by atomic mass is 35.5. The largest absolute Gasteiger partial charge is 0.316 e. The van der Waals surface area contributed by atoms with Crippen LogP contribution in [-0.2, 0) is 13.0 Å². The van der Waals surface area contributed by atoms with E-state index in [0.29, 0.717) is 6.04 Å². The maximum atomic E-state index is 6.19. The Morgan fingerprint density at radius 2 is 2.19 bits per heavy atom. The summed E-state index contributed by atoms with van der Waals surface area (Å²) in [5, 5.41) is 8.44. The van der Waals surface area contributed by atoms with Crippen molar-refractivity contribution < 1.29 is 0 Å². The smallest absolute Gasteiger partial charge is 0.138 e. The second kappa shape index (κ2) is 8.41. The van der Waals surface area contributed by atoms with Gasteiger partial charge < -0.3 is 5.32 Å². The van der Waals surface area contributed by atoms with Crippen LogP contribution < -0.4 is 5.32 Å². The van der Waals surface area contributed by atoms with Crippen LogP contribution in [-0.4, -0.2) is 33.6 Å². The van der Waals surface area contributed by atoms with Gasteiger partial charge in [0, 0.05) is 29.7 Å². The number of nitrogens with one attached hydrogen (secondary N) is 1.